The Balaban J connectivity index is 2.16. The molecule has 4 nitrogen and oxygen atoms in total. The van der Waals surface area contributed by atoms with Crippen LogP contribution in [0.4, 0.5) is 0 Å². The predicted molar refractivity (Wildman–Crippen MR) is 78.3 cm³/mol. The summed E-state index contributed by atoms with van der Waals surface area (Å²) in [5.41, 5.74) is 0.900. The van der Waals surface area contributed by atoms with Crippen LogP contribution >= 0.6 is 23.2 Å². The number of nitrogens with zero attached hydrogens (tertiary/aromatic N) is 1. The van der Waals surface area contributed by atoms with E-state index in [1.165, 1.54) is 0 Å². The van der Waals surface area contributed by atoms with Crippen molar-refractivity contribution in [1.29, 1.82) is 0 Å². The molecule has 6 heteroatoms. The lowest BCUT2D eigenvalue weighted by atomic mass is 10.0. The van der Waals surface area contributed by atoms with Gasteiger partial charge in [0.05, 0.1) is 29.2 Å². The molecule has 1 aromatic carbocycles. The van der Waals surface area contributed by atoms with Crippen LogP contribution < -0.4 is 0 Å². The number of aliphatic carboxylic acids is 1. The lowest BCUT2D eigenvalue weighted by Crippen LogP contribution is -2.42. The van der Waals surface area contributed by atoms with Crippen molar-refractivity contribution in [1.82, 2.24) is 4.90 Å². The molecule has 20 heavy (non-hydrogen) atoms. The Hall–Kier alpha value is -0.810. The summed E-state index contributed by atoms with van der Waals surface area (Å²) >= 11 is 12.2. The summed E-state index contributed by atoms with van der Waals surface area (Å²) < 4.78 is 5.32. The zero-order valence-corrected chi connectivity index (χ0v) is 12.7. The van der Waals surface area contributed by atoms with Gasteiger partial charge in [-0.05, 0) is 18.2 Å². The van der Waals surface area contributed by atoms with E-state index < -0.39 is 11.9 Å². The number of halogens is 2. The topological polar surface area (TPSA) is 49.8 Å². The minimum Gasteiger partial charge on any atom is -0.481 e. The predicted octanol–water partition coefficient (Wildman–Crippen LogP) is 2.91. The Labute approximate surface area is 128 Å². The molecule has 0 saturated carbocycles. The summed E-state index contributed by atoms with van der Waals surface area (Å²) in [5, 5.41) is 10.3. The Morgan fingerprint density at radius 3 is 2.85 bits per heavy atom. The first-order valence-corrected chi connectivity index (χ1v) is 7.27. The summed E-state index contributed by atoms with van der Waals surface area (Å²) in [7, 11) is 0. The third-order valence-corrected chi connectivity index (χ3v) is 4.51. The van der Waals surface area contributed by atoms with Crippen LogP contribution in [0.25, 0.3) is 0 Å². The Bertz CT molecular complexity index is 495. The number of carboxylic acid groups (broad SMARTS) is 1. The van der Waals surface area contributed by atoms with Crippen LogP contribution in [-0.4, -0.2) is 41.8 Å². The Kier molecular flexibility index (Phi) is 5.27. The third-order valence-electron chi connectivity index (χ3n) is 3.65. The van der Waals surface area contributed by atoms with Crippen LogP contribution in [0.3, 0.4) is 0 Å². The van der Waals surface area contributed by atoms with Crippen molar-refractivity contribution >= 4 is 29.2 Å². The van der Waals surface area contributed by atoms with Crippen molar-refractivity contribution in [3.8, 4) is 0 Å². The summed E-state index contributed by atoms with van der Waals surface area (Å²) in [4.78, 5) is 13.3. The lowest BCUT2D eigenvalue weighted by Gasteiger charge is -2.29. The zero-order valence-electron chi connectivity index (χ0n) is 11.2. The van der Waals surface area contributed by atoms with Gasteiger partial charge in [-0.15, -0.1) is 0 Å². The van der Waals surface area contributed by atoms with Gasteiger partial charge in [0, 0.05) is 12.6 Å². The molecule has 1 heterocycles. The molecule has 0 amide bonds. The fourth-order valence-corrected chi connectivity index (χ4v) is 2.87. The molecule has 1 fully saturated rings. The second kappa shape index (κ2) is 6.76. The number of carboxylic acids is 1. The highest BCUT2D eigenvalue weighted by Gasteiger charge is 2.37. The first kappa shape index (κ1) is 15.6. The van der Waals surface area contributed by atoms with Crippen molar-refractivity contribution in [3.63, 3.8) is 0 Å². The number of carbonyl (C=O) groups is 1. The van der Waals surface area contributed by atoms with Crippen molar-refractivity contribution in [2.24, 2.45) is 5.92 Å². The maximum atomic E-state index is 11.3. The van der Waals surface area contributed by atoms with Gasteiger partial charge >= 0.3 is 5.97 Å². The monoisotopic (exact) mass is 317 g/mol. The zero-order chi connectivity index (χ0) is 14.7. The molecule has 0 bridgehead atoms. The van der Waals surface area contributed by atoms with Crippen molar-refractivity contribution in [2.75, 3.05) is 19.8 Å². The van der Waals surface area contributed by atoms with E-state index in [2.05, 4.69) is 4.90 Å². The number of benzene rings is 1. The highest BCUT2D eigenvalue weighted by Crippen LogP contribution is 2.28. The van der Waals surface area contributed by atoms with Crippen LogP contribution in [0.5, 0.6) is 0 Å². The normalized spacial score (nSPS) is 22.4. The van der Waals surface area contributed by atoms with Crippen LogP contribution in [0.15, 0.2) is 18.2 Å². The van der Waals surface area contributed by atoms with Crippen LogP contribution in [-0.2, 0) is 16.1 Å². The maximum absolute atomic E-state index is 11.3. The van der Waals surface area contributed by atoms with E-state index in [4.69, 9.17) is 27.9 Å². The summed E-state index contributed by atoms with van der Waals surface area (Å²) in [6.07, 6.45) is 0. The second-order valence-corrected chi connectivity index (χ2v) is 5.61. The smallest absolute Gasteiger partial charge is 0.310 e. The average molecular weight is 318 g/mol. The van der Waals surface area contributed by atoms with E-state index in [9.17, 15) is 9.90 Å². The van der Waals surface area contributed by atoms with Crippen LogP contribution in [0, 0.1) is 5.92 Å². The second-order valence-electron chi connectivity index (χ2n) is 4.83. The van der Waals surface area contributed by atoms with Gasteiger partial charge in [-0.3, -0.25) is 9.69 Å². The molecule has 2 rings (SSSR count). The molecule has 0 radical (unpaired) electrons. The van der Waals surface area contributed by atoms with Gasteiger partial charge in [0.1, 0.15) is 0 Å². The summed E-state index contributed by atoms with van der Waals surface area (Å²) in [5.74, 6) is -1.31. The van der Waals surface area contributed by atoms with Gasteiger partial charge < -0.3 is 9.84 Å². The standard InChI is InChI=1S/C14H17Cl2NO3/c1-2-17(12-8-20-7-10(12)14(18)19)6-9-4-3-5-11(15)13(9)16/h3-5,10,12H,2,6-8H2,1H3,(H,18,19). The van der Waals surface area contributed by atoms with Crippen molar-refractivity contribution in [2.45, 2.75) is 19.5 Å². The van der Waals surface area contributed by atoms with Gasteiger partial charge in [0.15, 0.2) is 0 Å². The molecule has 2 unspecified atom stereocenters. The summed E-state index contributed by atoms with van der Waals surface area (Å²) in [6.45, 7) is 3.98. The molecule has 110 valence electrons. The van der Waals surface area contributed by atoms with E-state index in [-0.39, 0.29) is 12.6 Å². The Morgan fingerprint density at radius 1 is 1.45 bits per heavy atom. The van der Waals surface area contributed by atoms with Crippen LogP contribution in [0.1, 0.15) is 12.5 Å². The minimum absolute atomic E-state index is 0.132. The molecule has 1 aliphatic rings. The van der Waals surface area contributed by atoms with Crippen molar-refractivity contribution < 1.29 is 14.6 Å². The number of rotatable bonds is 5. The molecule has 1 aromatic rings. The molecule has 0 aromatic heterocycles. The lowest BCUT2D eigenvalue weighted by molar-refractivity contribution is -0.143. The highest BCUT2D eigenvalue weighted by atomic mass is 35.5. The molecular formula is C14H17Cl2NO3. The van der Waals surface area contributed by atoms with Gasteiger partial charge in [0.25, 0.3) is 0 Å². The molecule has 1 N–H and O–H groups in total. The van der Waals surface area contributed by atoms with E-state index in [0.29, 0.717) is 23.2 Å². The average Bonchev–Trinajstić information content (AvgIpc) is 2.90. The first-order chi connectivity index (χ1) is 9.54. The van der Waals surface area contributed by atoms with E-state index in [0.717, 1.165) is 12.1 Å². The molecule has 2 atom stereocenters. The first-order valence-electron chi connectivity index (χ1n) is 6.52. The van der Waals surface area contributed by atoms with E-state index in [1.54, 1.807) is 6.07 Å². The quantitative estimate of drug-likeness (QED) is 0.907. The number of likely N-dealkylation sites (N-methyl/N-ethyl adjacent to an activating group) is 1. The minimum atomic E-state index is -0.817. The fourth-order valence-electron chi connectivity index (χ4n) is 2.49. The molecule has 1 aliphatic heterocycles. The maximum Gasteiger partial charge on any atom is 0.310 e. The molecular weight excluding hydrogens is 301 g/mol. The third kappa shape index (κ3) is 3.26. The highest BCUT2D eigenvalue weighted by molar-refractivity contribution is 6.42. The molecule has 0 aliphatic carbocycles. The fraction of sp³-hybridized carbons (Fsp3) is 0.500. The van der Waals surface area contributed by atoms with Gasteiger partial charge in [-0.2, -0.15) is 0 Å². The van der Waals surface area contributed by atoms with Gasteiger partial charge in [-0.1, -0.05) is 42.3 Å². The number of ether oxygens (including phenoxy) is 1. The van der Waals surface area contributed by atoms with Gasteiger partial charge in [0.2, 0.25) is 0 Å². The van der Waals surface area contributed by atoms with E-state index in [1.807, 2.05) is 19.1 Å². The summed E-state index contributed by atoms with van der Waals surface area (Å²) in [6, 6.07) is 5.36. The van der Waals surface area contributed by atoms with Crippen molar-refractivity contribution in [3.05, 3.63) is 33.8 Å². The number of hydrogen-bond acceptors (Lipinski definition) is 3. The molecule has 0 spiro atoms. The SMILES string of the molecule is CCN(Cc1cccc(Cl)c1Cl)C1COCC1C(=O)O. The van der Waals surface area contributed by atoms with Crippen LogP contribution in [0.2, 0.25) is 10.0 Å². The largest absolute Gasteiger partial charge is 0.481 e. The molecule has 1 saturated heterocycles. The van der Waals surface area contributed by atoms with E-state index >= 15 is 0 Å². The number of hydrogen-bond donors (Lipinski definition) is 1. The van der Waals surface area contributed by atoms with Gasteiger partial charge in [-0.25, -0.2) is 0 Å². The Morgan fingerprint density at radius 2 is 2.20 bits per heavy atom.